The van der Waals surface area contributed by atoms with E-state index in [1.54, 1.807) is 0 Å². The first-order valence-electron chi connectivity index (χ1n) is 3.56. The fourth-order valence-corrected chi connectivity index (χ4v) is 0.705. The van der Waals surface area contributed by atoms with Crippen molar-refractivity contribution in [3.8, 4) is 0 Å². The lowest BCUT2D eigenvalue weighted by molar-refractivity contribution is -0.147. The summed E-state index contributed by atoms with van der Waals surface area (Å²) in [5, 5.41) is 2.56. The molecule has 0 bridgehead atoms. The highest BCUT2D eigenvalue weighted by Crippen LogP contribution is 1.91. The van der Waals surface area contributed by atoms with Gasteiger partial charge in [-0.25, -0.2) is 0 Å². The number of amides is 1. The molecule has 0 aromatic carbocycles. The van der Waals surface area contributed by atoms with Gasteiger partial charge >= 0.3 is 5.97 Å². The van der Waals surface area contributed by atoms with E-state index in [4.69, 9.17) is 0 Å². The van der Waals surface area contributed by atoms with Crippen molar-refractivity contribution in [2.75, 3.05) is 6.54 Å². The van der Waals surface area contributed by atoms with E-state index in [0.29, 0.717) is 6.54 Å². The molecule has 0 aromatic heterocycles. The highest BCUT2D eigenvalue weighted by atomic mass is 32.1. The van der Waals surface area contributed by atoms with Crippen molar-refractivity contribution in [2.24, 2.45) is 0 Å². The quantitative estimate of drug-likeness (QED) is 0.416. The molecule has 0 saturated heterocycles. The molecule has 0 saturated carbocycles. The van der Waals surface area contributed by atoms with Crippen LogP contribution in [0, 0.1) is 0 Å². The van der Waals surface area contributed by atoms with E-state index in [1.807, 2.05) is 11.8 Å². The third-order valence-electron chi connectivity index (χ3n) is 1.09. The van der Waals surface area contributed by atoms with Crippen molar-refractivity contribution in [1.82, 2.24) is 10.2 Å². The topological polar surface area (TPSA) is 67.4 Å². The minimum Gasteiger partial charge on any atom is -0.360 e. The van der Waals surface area contributed by atoms with Crippen molar-refractivity contribution in [3.05, 3.63) is 0 Å². The normalized spacial score (nSPS) is 9.17. The van der Waals surface area contributed by atoms with E-state index in [9.17, 15) is 9.59 Å². The number of thiol groups is 1. The summed E-state index contributed by atoms with van der Waals surface area (Å²) in [4.78, 5) is 27.6. The van der Waals surface area contributed by atoms with E-state index in [2.05, 4.69) is 23.0 Å². The van der Waals surface area contributed by atoms with Gasteiger partial charge in [0.2, 0.25) is 5.91 Å². The molecule has 0 aliphatic carbocycles. The van der Waals surface area contributed by atoms with Gasteiger partial charge in [-0.2, -0.15) is 0 Å². The van der Waals surface area contributed by atoms with Crippen LogP contribution in [-0.4, -0.2) is 18.4 Å². The summed E-state index contributed by atoms with van der Waals surface area (Å²) in [5.74, 6) is -0.662. The van der Waals surface area contributed by atoms with E-state index < -0.39 is 5.97 Å². The van der Waals surface area contributed by atoms with Crippen molar-refractivity contribution < 1.29 is 14.4 Å². The van der Waals surface area contributed by atoms with E-state index in [1.165, 1.54) is 0 Å². The Morgan fingerprint density at radius 3 is 2.58 bits per heavy atom. The second-order valence-electron chi connectivity index (χ2n) is 2.02. The van der Waals surface area contributed by atoms with Gasteiger partial charge in [0.15, 0.2) is 0 Å². The highest BCUT2D eigenvalue weighted by molar-refractivity contribution is 7.77. The van der Waals surface area contributed by atoms with E-state index in [-0.39, 0.29) is 18.7 Å². The number of nitrogens with one attached hydrogen (secondary N) is 2. The summed E-state index contributed by atoms with van der Waals surface area (Å²) in [6.45, 7) is 2.38. The summed E-state index contributed by atoms with van der Waals surface area (Å²) in [6.07, 6.45) is 0.196. The molecule has 0 atom stereocenters. The number of hydrogen-bond donors (Lipinski definition) is 3. The Bertz CT molecular complexity index is 145. The van der Waals surface area contributed by atoms with Crippen LogP contribution in [0.3, 0.4) is 0 Å². The molecule has 0 aliphatic rings. The number of hydrogen-bond acceptors (Lipinski definition) is 5. The molecule has 1 amide bonds. The average Bonchev–Trinajstić information content (AvgIpc) is 2.02. The van der Waals surface area contributed by atoms with Crippen molar-refractivity contribution in [2.45, 2.75) is 19.8 Å². The van der Waals surface area contributed by atoms with Crippen LogP contribution >= 0.6 is 12.8 Å². The SMILES string of the molecule is CCNC(=O)CCC(=O)ONS. The van der Waals surface area contributed by atoms with Gasteiger partial charge in [0.25, 0.3) is 0 Å². The molecule has 5 nitrogen and oxygen atoms in total. The van der Waals surface area contributed by atoms with Crippen LogP contribution in [0.5, 0.6) is 0 Å². The maximum atomic E-state index is 10.8. The summed E-state index contributed by atoms with van der Waals surface area (Å²) < 4.78 is 0. The number of carbonyl (C=O) groups is 2. The van der Waals surface area contributed by atoms with Gasteiger partial charge in [-0.3, -0.25) is 9.59 Å². The monoisotopic (exact) mass is 192 g/mol. The van der Waals surface area contributed by atoms with Gasteiger partial charge < -0.3 is 10.2 Å². The zero-order chi connectivity index (χ0) is 9.40. The molecule has 0 rings (SSSR count). The lowest BCUT2D eigenvalue weighted by atomic mass is 10.3. The first-order valence-corrected chi connectivity index (χ1v) is 4.01. The number of rotatable bonds is 5. The maximum absolute atomic E-state index is 10.8. The fraction of sp³-hybridized carbons (Fsp3) is 0.667. The molecule has 6 heteroatoms. The predicted octanol–water partition coefficient (Wildman–Crippen LogP) is -0.205. The Hall–Kier alpha value is -0.750. The molecule has 0 aliphatic heterocycles. The van der Waals surface area contributed by atoms with E-state index in [0.717, 1.165) is 0 Å². The molecule has 2 N–H and O–H groups in total. The third-order valence-corrected chi connectivity index (χ3v) is 1.18. The molecule has 0 fully saturated rings. The van der Waals surface area contributed by atoms with Crippen LogP contribution in [0.2, 0.25) is 0 Å². The molecule has 0 aromatic rings. The smallest absolute Gasteiger partial charge is 0.326 e. The largest absolute Gasteiger partial charge is 0.360 e. The Labute approximate surface area is 76.3 Å². The van der Waals surface area contributed by atoms with Crippen molar-refractivity contribution in [1.29, 1.82) is 0 Å². The zero-order valence-corrected chi connectivity index (χ0v) is 7.69. The summed E-state index contributed by atoms with van der Waals surface area (Å²) in [7, 11) is 0. The Morgan fingerprint density at radius 1 is 1.42 bits per heavy atom. The molecular weight excluding hydrogens is 180 g/mol. The molecule has 0 radical (unpaired) electrons. The highest BCUT2D eigenvalue weighted by Gasteiger charge is 2.06. The second-order valence-corrected chi connectivity index (χ2v) is 2.20. The first-order chi connectivity index (χ1) is 5.70. The summed E-state index contributed by atoms with van der Waals surface area (Å²) >= 11 is 3.45. The standard InChI is InChI=1S/C6H12N2O3S/c1-2-7-5(9)3-4-6(10)11-8-12/h8,12H,2-4H2,1H3,(H,7,9). The van der Waals surface area contributed by atoms with Gasteiger partial charge in [0.1, 0.15) is 0 Å². The number of carbonyl (C=O) groups excluding carboxylic acids is 2. The van der Waals surface area contributed by atoms with Gasteiger partial charge in [-0.15, -0.1) is 0 Å². The van der Waals surface area contributed by atoms with Gasteiger partial charge in [0.05, 0.1) is 6.42 Å². The summed E-state index contributed by atoms with van der Waals surface area (Å²) in [6, 6.07) is 0. The Balaban J connectivity index is 3.40. The van der Waals surface area contributed by atoms with Crippen molar-refractivity contribution >= 4 is 24.7 Å². The minimum atomic E-state index is -0.503. The first kappa shape index (κ1) is 11.2. The zero-order valence-electron chi connectivity index (χ0n) is 6.79. The summed E-state index contributed by atoms with van der Waals surface area (Å²) in [5.41, 5.74) is 0. The molecule has 0 heterocycles. The predicted molar refractivity (Wildman–Crippen MR) is 46.1 cm³/mol. The second kappa shape index (κ2) is 6.93. The average molecular weight is 192 g/mol. The lowest BCUT2D eigenvalue weighted by Gasteiger charge is -2.01. The maximum Gasteiger partial charge on any atom is 0.326 e. The van der Waals surface area contributed by atoms with Gasteiger partial charge in [0, 0.05) is 13.0 Å². The lowest BCUT2D eigenvalue weighted by Crippen LogP contribution is -2.23. The van der Waals surface area contributed by atoms with Crippen LogP contribution in [0.25, 0.3) is 0 Å². The molecular formula is C6H12N2O3S. The van der Waals surface area contributed by atoms with Gasteiger partial charge in [-0.1, -0.05) is 17.7 Å². The van der Waals surface area contributed by atoms with Crippen LogP contribution in [0.4, 0.5) is 0 Å². The van der Waals surface area contributed by atoms with E-state index >= 15 is 0 Å². The van der Waals surface area contributed by atoms with Gasteiger partial charge in [-0.05, 0) is 6.92 Å². The van der Waals surface area contributed by atoms with Crippen LogP contribution in [0.1, 0.15) is 19.8 Å². The van der Waals surface area contributed by atoms with Crippen LogP contribution in [0.15, 0.2) is 0 Å². The Kier molecular flexibility index (Phi) is 6.50. The fourth-order valence-electron chi connectivity index (χ4n) is 0.603. The minimum absolute atomic E-state index is 0.0550. The van der Waals surface area contributed by atoms with Crippen LogP contribution < -0.4 is 10.2 Å². The van der Waals surface area contributed by atoms with Crippen molar-refractivity contribution in [3.63, 3.8) is 0 Å². The van der Waals surface area contributed by atoms with Crippen LogP contribution in [-0.2, 0) is 14.4 Å². The Morgan fingerprint density at radius 2 is 2.08 bits per heavy atom. The molecule has 12 heavy (non-hydrogen) atoms. The third kappa shape index (κ3) is 5.99. The molecule has 70 valence electrons. The molecule has 0 unspecified atom stereocenters. The molecule has 0 spiro atoms.